The van der Waals surface area contributed by atoms with Crippen molar-refractivity contribution in [2.75, 3.05) is 19.6 Å². The number of nitrogens with one attached hydrogen (secondary N) is 2. The van der Waals surface area contributed by atoms with Crippen molar-refractivity contribution in [2.45, 2.75) is 66.5 Å². The van der Waals surface area contributed by atoms with E-state index in [2.05, 4.69) is 62.0 Å². The first kappa shape index (κ1) is 20.9. The SMILES string of the molecule is CCCCNC(=NCCCn1nc(C)cc1C)NCCn1cnnc1CC. The van der Waals surface area contributed by atoms with Gasteiger partial charge in [0.1, 0.15) is 12.2 Å². The molecule has 0 amide bonds. The van der Waals surface area contributed by atoms with Gasteiger partial charge in [-0.05, 0) is 32.8 Å². The molecule has 0 atom stereocenters. The van der Waals surface area contributed by atoms with Crippen molar-refractivity contribution in [3.63, 3.8) is 0 Å². The van der Waals surface area contributed by atoms with Crippen molar-refractivity contribution >= 4 is 5.96 Å². The predicted molar refractivity (Wildman–Crippen MR) is 109 cm³/mol. The molecule has 8 nitrogen and oxygen atoms in total. The normalized spacial score (nSPS) is 11.8. The Hall–Kier alpha value is -2.38. The number of aliphatic imine (C=N–C) groups is 1. The van der Waals surface area contributed by atoms with E-state index in [1.54, 1.807) is 6.33 Å². The first-order chi connectivity index (χ1) is 13.1. The first-order valence-corrected chi connectivity index (χ1v) is 10.0. The van der Waals surface area contributed by atoms with Crippen LogP contribution in [0, 0.1) is 13.8 Å². The van der Waals surface area contributed by atoms with Gasteiger partial charge in [0.15, 0.2) is 5.96 Å². The van der Waals surface area contributed by atoms with Crippen molar-refractivity contribution in [1.82, 2.24) is 35.2 Å². The largest absolute Gasteiger partial charge is 0.356 e. The second-order valence-electron chi connectivity index (χ2n) is 6.74. The molecule has 0 unspecified atom stereocenters. The monoisotopic (exact) mass is 374 g/mol. The van der Waals surface area contributed by atoms with Crippen LogP contribution in [0.15, 0.2) is 17.4 Å². The minimum absolute atomic E-state index is 0.770. The fourth-order valence-electron chi connectivity index (χ4n) is 2.90. The van der Waals surface area contributed by atoms with Crippen LogP contribution in [0.3, 0.4) is 0 Å². The summed E-state index contributed by atoms with van der Waals surface area (Å²) in [5.41, 5.74) is 2.27. The number of guanidine groups is 1. The summed E-state index contributed by atoms with van der Waals surface area (Å²) in [4.78, 5) is 4.72. The molecule has 0 aromatic carbocycles. The predicted octanol–water partition coefficient (Wildman–Crippen LogP) is 2.08. The molecule has 0 spiro atoms. The molecule has 2 aromatic rings. The maximum Gasteiger partial charge on any atom is 0.191 e. The van der Waals surface area contributed by atoms with Crippen LogP contribution in [-0.4, -0.2) is 50.1 Å². The molecule has 150 valence electrons. The number of hydrogen-bond acceptors (Lipinski definition) is 4. The van der Waals surface area contributed by atoms with E-state index in [0.29, 0.717) is 0 Å². The zero-order valence-electron chi connectivity index (χ0n) is 17.2. The summed E-state index contributed by atoms with van der Waals surface area (Å²) in [5.74, 6) is 1.89. The summed E-state index contributed by atoms with van der Waals surface area (Å²) in [6.45, 7) is 12.6. The molecule has 2 aromatic heterocycles. The number of unbranched alkanes of at least 4 members (excludes halogenated alkanes) is 1. The van der Waals surface area contributed by atoms with Crippen molar-refractivity contribution < 1.29 is 0 Å². The van der Waals surface area contributed by atoms with Gasteiger partial charge >= 0.3 is 0 Å². The van der Waals surface area contributed by atoms with Crippen molar-refractivity contribution in [3.8, 4) is 0 Å². The minimum atomic E-state index is 0.770. The van der Waals surface area contributed by atoms with Crippen LogP contribution >= 0.6 is 0 Å². The van der Waals surface area contributed by atoms with Crippen LogP contribution in [0.1, 0.15) is 50.3 Å². The molecule has 0 radical (unpaired) electrons. The van der Waals surface area contributed by atoms with E-state index < -0.39 is 0 Å². The van der Waals surface area contributed by atoms with Crippen LogP contribution in [-0.2, 0) is 19.5 Å². The third-order valence-corrected chi connectivity index (χ3v) is 4.38. The molecule has 27 heavy (non-hydrogen) atoms. The minimum Gasteiger partial charge on any atom is -0.356 e. The topological polar surface area (TPSA) is 85.0 Å². The summed E-state index contributed by atoms with van der Waals surface area (Å²) >= 11 is 0. The summed E-state index contributed by atoms with van der Waals surface area (Å²) in [6.07, 6.45) is 5.95. The Morgan fingerprint density at radius 2 is 1.93 bits per heavy atom. The lowest BCUT2D eigenvalue weighted by atomic mass is 10.3. The average molecular weight is 375 g/mol. The molecule has 0 saturated heterocycles. The lowest BCUT2D eigenvalue weighted by molar-refractivity contribution is 0.566. The van der Waals surface area contributed by atoms with Gasteiger partial charge < -0.3 is 15.2 Å². The smallest absolute Gasteiger partial charge is 0.191 e. The Morgan fingerprint density at radius 1 is 1.11 bits per heavy atom. The Bertz CT molecular complexity index is 700. The van der Waals surface area contributed by atoms with Gasteiger partial charge in [-0.3, -0.25) is 9.67 Å². The van der Waals surface area contributed by atoms with E-state index in [1.165, 1.54) is 12.1 Å². The highest BCUT2D eigenvalue weighted by molar-refractivity contribution is 5.79. The van der Waals surface area contributed by atoms with E-state index in [0.717, 1.165) is 69.5 Å². The van der Waals surface area contributed by atoms with Gasteiger partial charge in [-0.25, -0.2) is 0 Å². The molecule has 2 heterocycles. The number of rotatable bonds is 11. The quantitative estimate of drug-likeness (QED) is 0.357. The Morgan fingerprint density at radius 3 is 2.63 bits per heavy atom. The molecule has 0 bridgehead atoms. The summed E-state index contributed by atoms with van der Waals surface area (Å²) < 4.78 is 4.14. The van der Waals surface area contributed by atoms with Crippen LogP contribution in [0.2, 0.25) is 0 Å². The third-order valence-electron chi connectivity index (χ3n) is 4.38. The third kappa shape index (κ3) is 7.03. The molecule has 8 heteroatoms. The van der Waals surface area contributed by atoms with Crippen molar-refractivity contribution in [1.29, 1.82) is 0 Å². The van der Waals surface area contributed by atoms with Crippen LogP contribution in [0.25, 0.3) is 0 Å². The molecule has 0 aliphatic rings. The maximum atomic E-state index is 4.72. The zero-order valence-corrected chi connectivity index (χ0v) is 17.2. The number of aryl methyl sites for hydroxylation is 4. The number of nitrogens with zero attached hydrogens (tertiary/aromatic N) is 6. The van der Waals surface area contributed by atoms with Gasteiger partial charge in [0.05, 0.1) is 5.69 Å². The first-order valence-electron chi connectivity index (χ1n) is 10.0. The number of aromatic nitrogens is 5. The molecule has 2 N–H and O–H groups in total. The van der Waals surface area contributed by atoms with Gasteiger partial charge in [-0.2, -0.15) is 5.10 Å². The second-order valence-corrected chi connectivity index (χ2v) is 6.74. The zero-order chi connectivity index (χ0) is 19.5. The molecule has 0 saturated carbocycles. The van der Waals surface area contributed by atoms with E-state index in [-0.39, 0.29) is 0 Å². The van der Waals surface area contributed by atoms with Crippen molar-refractivity contribution in [2.24, 2.45) is 4.99 Å². The summed E-state index contributed by atoms with van der Waals surface area (Å²) in [5, 5.41) is 19.4. The van der Waals surface area contributed by atoms with E-state index in [4.69, 9.17) is 4.99 Å². The Balaban J connectivity index is 1.80. The van der Waals surface area contributed by atoms with E-state index >= 15 is 0 Å². The Kier molecular flexibility index (Phi) is 8.80. The highest BCUT2D eigenvalue weighted by Crippen LogP contribution is 2.02. The summed E-state index contributed by atoms with van der Waals surface area (Å²) in [7, 11) is 0. The van der Waals surface area contributed by atoms with Crippen molar-refractivity contribution in [3.05, 3.63) is 29.6 Å². The van der Waals surface area contributed by atoms with Gasteiger partial charge in [-0.15, -0.1) is 10.2 Å². The molecule has 0 fully saturated rings. The highest BCUT2D eigenvalue weighted by atomic mass is 15.3. The van der Waals surface area contributed by atoms with Crippen LogP contribution < -0.4 is 10.6 Å². The van der Waals surface area contributed by atoms with Gasteiger partial charge in [0, 0.05) is 44.8 Å². The lowest BCUT2D eigenvalue weighted by Crippen LogP contribution is -2.39. The molecule has 0 aliphatic carbocycles. The molecular weight excluding hydrogens is 340 g/mol. The van der Waals surface area contributed by atoms with E-state index in [9.17, 15) is 0 Å². The summed E-state index contributed by atoms with van der Waals surface area (Å²) in [6, 6.07) is 2.11. The van der Waals surface area contributed by atoms with Gasteiger partial charge in [0.25, 0.3) is 0 Å². The fraction of sp³-hybridized carbons (Fsp3) is 0.684. The number of hydrogen-bond donors (Lipinski definition) is 2. The standard InChI is InChI=1S/C19H34N8/c1-5-7-9-20-19(22-11-13-26-15-23-24-18(26)6-2)21-10-8-12-27-17(4)14-16(3)25-27/h14-15H,5-13H2,1-4H3,(H2,20,21,22). The van der Waals surface area contributed by atoms with Gasteiger partial charge in [0.2, 0.25) is 0 Å². The fourth-order valence-corrected chi connectivity index (χ4v) is 2.90. The average Bonchev–Trinajstić information content (AvgIpc) is 3.23. The highest BCUT2D eigenvalue weighted by Gasteiger charge is 2.03. The lowest BCUT2D eigenvalue weighted by Gasteiger charge is -2.13. The second kappa shape index (κ2) is 11.4. The molecule has 2 rings (SSSR count). The van der Waals surface area contributed by atoms with Gasteiger partial charge in [-0.1, -0.05) is 20.3 Å². The maximum absolute atomic E-state index is 4.72. The Labute approximate surface area is 162 Å². The molecular formula is C19H34N8. The molecule has 0 aliphatic heterocycles. The van der Waals surface area contributed by atoms with Crippen LogP contribution in [0.5, 0.6) is 0 Å². The van der Waals surface area contributed by atoms with Crippen LogP contribution in [0.4, 0.5) is 0 Å². The van der Waals surface area contributed by atoms with E-state index in [1.807, 2.05) is 6.92 Å².